The summed E-state index contributed by atoms with van der Waals surface area (Å²) in [6, 6.07) is 12.5. The predicted octanol–water partition coefficient (Wildman–Crippen LogP) is 3.15. The third-order valence-electron chi connectivity index (χ3n) is 5.62. The molecule has 1 aromatic carbocycles. The van der Waals surface area contributed by atoms with Crippen LogP contribution >= 0.6 is 0 Å². The number of aromatic nitrogens is 4. The lowest BCUT2D eigenvalue weighted by atomic mass is 9.92. The lowest BCUT2D eigenvalue weighted by Gasteiger charge is -2.30. The smallest absolute Gasteiger partial charge is 0.224 e. The highest BCUT2D eigenvalue weighted by atomic mass is 16.5. The van der Waals surface area contributed by atoms with E-state index in [2.05, 4.69) is 20.2 Å². The standard InChI is InChI=1S/C22H25N7O/c23-16-6-8-17(9-7-16)26-22-24-11-10-19(27-22)29-12-13-30-18-14-25-20(28-21(18)29)15-4-2-1-3-5-15/h1-5,10-11,14,16-17H,6-9,12-13,23H2,(H,24,26,27)/t16-,17-. The van der Waals surface area contributed by atoms with Crippen LogP contribution in [0.15, 0.2) is 48.8 Å². The molecule has 1 fully saturated rings. The lowest BCUT2D eigenvalue weighted by Crippen LogP contribution is -2.33. The molecule has 0 spiro atoms. The summed E-state index contributed by atoms with van der Waals surface area (Å²) >= 11 is 0. The van der Waals surface area contributed by atoms with Crippen LogP contribution in [0, 0.1) is 0 Å². The Kier molecular flexibility index (Phi) is 5.15. The Balaban J connectivity index is 1.42. The van der Waals surface area contributed by atoms with Gasteiger partial charge in [-0.2, -0.15) is 4.98 Å². The fraction of sp³-hybridized carbons (Fsp3) is 0.364. The van der Waals surface area contributed by atoms with E-state index < -0.39 is 0 Å². The molecule has 0 unspecified atom stereocenters. The summed E-state index contributed by atoms with van der Waals surface area (Å²) in [5.74, 6) is 3.48. The van der Waals surface area contributed by atoms with Gasteiger partial charge in [0, 0.05) is 23.8 Å². The molecule has 2 aromatic heterocycles. The molecule has 0 amide bonds. The molecule has 0 radical (unpaired) electrons. The summed E-state index contributed by atoms with van der Waals surface area (Å²) in [5.41, 5.74) is 6.99. The van der Waals surface area contributed by atoms with Crippen LogP contribution in [0.3, 0.4) is 0 Å². The highest BCUT2D eigenvalue weighted by Crippen LogP contribution is 2.35. The van der Waals surface area contributed by atoms with Gasteiger partial charge in [-0.25, -0.2) is 15.0 Å². The molecular weight excluding hydrogens is 378 g/mol. The van der Waals surface area contributed by atoms with Crippen molar-refractivity contribution in [3.63, 3.8) is 0 Å². The van der Waals surface area contributed by atoms with Gasteiger partial charge in [0.2, 0.25) is 5.95 Å². The summed E-state index contributed by atoms with van der Waals surface area (Å²) < 4.78 is 5.79. The molecule has 3 heterocycles. The number of anilines is 3. The normalized spacial score (nSPS) is 20.9. The number of rotatable bonds is 4. The van der Waals surface area contributed by atoms with Crippen molar-refractivity contribution in [2.45, 2.75) is 37.8 Å². The summed E-state index contributed by atoms with van der Waals surface area (Å²) in [7, 11) is 0. The van der Waals surface area contributed by atoms with Crippen LogP contribution in [0.5, 0.6) is 5.75 Å². The lowest BCUT2D eigenvalue weighted by molar-refractivity contribution is 0.310. The van der Waals surface area contributed by atoms with Gasteiger partial charge in [-0.15, -0.1) is 0 Å². The third kappa shape index (κ3) is 3.91. The summed E-state index contributed by atoms with van der Waals surface area (Å²) in [6.45, 7) is 1.21. The van der Waals surface area contributed by atoms with Gasteiger partial charge in [0.15, 0.2) is 17.4 Å². The summed E-state index contributed by atoms with van der Waals surface area (Å²) in [5, 5.41) is 3.47. The molecule has 1 saturated carbocycles. The Labute approximate surface area is 175 Å². The maximum Gasteiger partial charge on any atom is 0.224 e. The summed E-state index contributed by atoms with van der Waals surface area (Å²) in [6.07, 6.45) is 7.68. The molecule has 8 nitrogen and oxygen atoms in total. The molecule has 0 bridgehead atoms. The minimum Gasteiger partial charge on any atom is -0.486 e. The number of ether oxygens (including phenoxy) is 1. The Bertz CT molecular complexity index is 1010. The van der Waals surface area contributed by atoms with E-state index in [1.54, 1.807) is 12.4 Å². The zero-order chi connectivity index (χ0) is 20.3. The van der Waals surface area contributed by atoms with Gasteiger partial charge in [-0.1, -0.05) is 30.3 Å². The first-order valence-corrected chi connectivity index (χ1v) is 10.4. The number of nitrogens with one attached hydrogen (secondary N) is 1. The molecule has 0 atom stereocenters. The van der Waals surface area contributed by atoms with Crippen molar-refractivity contribution < 1.29 is 4.74 Å². The zero-order valence-corrected chi connectivity index (χ0v) is 16.7. The van der Waals surface area contributed by atoms with Gasteiger partial charge >= 0.3 is 0 Å². The van der Waals surface area contributed by atoms with Crippen LogP contribution in [0.1, 0.15) is 25.7 Å². The number of hydrogen-bond donors (Lipinski definition) is 2. The quantitative estimate of drug-likeness (QED) is 0.685. The maximum absolute atomic E-state index is 6.02. The van der Waals surface area contributed by atoms with Gasteiger partial charge in [0.25, 0.3) is 0 Å². The van der Waals surface area contributed by atoms with Crippen molar-refractivity contribution in [2.24, 2.45) is 5.73 Å². The molecule has 2 aliphatic rings. The third-order valence-corrected chi connectivity index (χ3v) is 5.62. The van der Waals surface area contributed by atoms with E-state index >= 15 is 0 Å². The van der Waals surface area contributed by atoms with E-state index in [0.717, 1.165) is 42.9 Å². The maximum atomic E-state index is 6.02. The van der Waals surface area contributed by atoms with Gasteiger partial charge < -0.3 is 20.7 Å². The number of nitrogens with two attached hydrogens (primary N) is 1. The van der Waals surface area contributed by atoms with Crippen molar-refractivity contribution in [1.82, 2.24) is 19.9 Å². The van der Waals surface area contributed by atoms with Crippen LogP contribution in [-0.2, 0) is 0 Å². The number of fused-ring (bicyclic) bond motifs is 1. The van der Waals surface area contributed by atoms with Crippen LogP contribution in [0.25, 0.3) is 11.4 Å². The molecular formula is C22H25N7O. The van der Waals surface area contributed by atoms with E-state index in [0.29, 0.717) is 42.8 Å². The van der Waals surface area contributed by atoms with Crippen molar-refractivity contribution in [1.29, 1.82) is 0 Å². The summed E-state index contributed by atoms with van der Waals surface area (Å²) in [4.78, 5) is 20.5. The van der Waals surface area contributed by atoms with E-state index in [1.165, 1.54) is 0 Å². The largest absolute Gasteiger partial charge is 0.486 e. The van der Waals surface area contributed by atoms with E-state index in [4.69, 9.17) is 20.4 Å². The first-order valence-electron chi connectivity index (χ1n) is 10.4. The zero-order valence-electron chi connectivity index (χ0n) is 16.7. The highest BCUT2D eigenvalue weighted by Gasteiger charge is 2.25. The van der Waals surface area contributed by atoms with Crippen molar-refractivity contribution in [2.75, 3.05) is 23.4 Å². The Hall–Kier alpha value is -3.26. The van der Waals surface area contributed by atoms with E-state index in [-0.39, 0.29) is 0 Å². The highest BCUT2D eigenvalue weighted by molar-refractivity contribution is 5.67. The fourth-order valence-corrected chi connectivity index (χ4v) is 3.97. The second kappa shape index (κ2) is 8.23. The molecule has 3 aromatic rings. The average molecular weight is 403 g/mol. The van der Waals surface area contributed by atoms with Gasteiger partial charge in [-0.3, -0.25) is 0 Å². The first-order chi connectivity index (χ1) is 14.8. The predicted molar refractivity (Wildman–Crippen MR) is 116 cm³/mol. The SMILES string of the molecule is N[C@H]1CC[C@H](Nc2nccc(N3CCOc4cnc(-c5ccccc5)nc43)n2)CC1. The minimum absolute atomic E-state index is 0.318. The van der Waals surface area contributed by atoms with Crippen LogP contribution < -0.4 is 20.7 Å². The molecule has 8 heteroatoms. The van der Waals surface area contributed by atoms with Crippen LogP contribution in [0.4, 0.5) is 17.6 Å². The van der Waals surface area contributed by atoms with Crippen molar-refractivity contribution in [3.8, 4) is 17.1 Å². The molecule has 0 saturated heterocycles. The Morgan fingerprint density at radius 2 is 1.83 bits per heavy atom. The Morgan fingerprint density at radius 3 is 2.67 bits per heavy atom. The van der Waals surface area contributed by atoms with E-state index in [9.17, 15) is 0 Å². The van der Waals surface area contributed by atoms with Gasteiger partial charge in [0.1, 0.15) is 12.4 Å². The monoisotopic (exact) mass is 403 g/mol. The van der Waals surface area contributed by atoms with Gasteiger partial charge in [-0.05, 0) is 31.7 Å². The number of nitrogens with zero attached hydrogens (tertiary/aromatic N) is 5. The molecule has 154 valence electrons. The number of hydrogen-bond acceptors (Lipinski definition) is 8. The van der Waals surface area contributed by atoms with Gasteiger partial charge in [0.05, 0.1) is 12.7 Å². The van der Waals surface area contributed by atoms with Crippen LogP contribution in [-0.4, -0.2) is 45.2 Å². The van der Waals surface area contributed by atoms with Crippen molar-refractivity contribution in [3.05, 3.63) is 48.8 Å². The number of benzene rings is 1. The molecule has 5 rings (SSSR count). The second-order valence-corrected chi connectivity index (χ2v) is 7.74. The topological polar surface area (TPSA) is 102 Å². The second-order valence-electron chi connectivity index (χ2n) is 7.74. The van der Waals surface area contributed by atoms with Crippen LogP contribution in [0.2, 0.25) is 0 Å². The molecule has 1 aliphatic carbocycles. The average Bonchev–Trinajstić information content (AvgIpc) is 2.81. The van der Waals surface area contributed by atoms with Crippen molar-refractivity contribution >= 4 is 17.6 Å². The molecule has 1 aliphatic heterocycles. The minimum atomic E-state index is 0.318. The van der Waals surface area contributed by atoms with E-state index in [1.807, 2.05) is 36.4 Å². The fourth-order valence-electron chi connectivity index (χ4n) is 3.97. The Morgan fingerprint density at radius 1 is 1.00 bits per heavy atom. The molecule has 3 N–H and O–H groups in total. The molecule has 30 heavy (non-hydrogen) atoms. The first kappa shape index (κ1) is 18.7.